The lowest BCUT2D eigenvalue weighted by molar-refractivity contribution is -0.132. The number of carbonyl (C=O) groups excluding carboxylic acids is 3. The minimum Gasteiger partial charge on any atom is -0.493 e. The van der Waals surface area contributed by atoms with Crippen LogP contribution in [0.1, 0.15) is 47.6 Å². The first-order valence-corrected chi connectivity index (χ1v) is 16.6. The second-order valence-electron chi connectivity index (χ2n) is 11.9. The van der Waals surface area contributed by atoms with Crippen LogP contribution in [0, 0.1) is 5.82 Å². The molecule has 1 aliphatic carbocycles. The van der Waals surface area contributed by atoms with Crippen molar-refractivity contribution in [3.05, 3.63) is 62.5 Å². The number of aromatic nitrogens is 1. The first-order chi connectivity index (χ1) is 23.5. The van der Waals surface area contributed by atoms with E-state index in [9.17, 15) is 29.1 Å². The molecule has 0 bridgehead atoms. The van der Waals surface area contributed by atoms with Gasteiger partial charge in [0.25, 0.3) is 11.1 Å². The molecule has 3 fully saturated rings. The first kappa shape index (κ1) is 33.8. The molecule has 6 rings (SSSR count). The molecule has 13 nitrogen and oxygen atoms in total. The summed E-state index contributed by atoms with van der Waals surface area (Å²) in [6, 6.07) is 6.11. The number of carboxylic acids is 1. The summed E-state index contributed by atoms with van der Waals surface area (Å²) in [5.74, 6) is -1.35. The lowest BCUT2D eigenvalue weighted by atomic mass is 10.1. The Hall–Kier alpha value is -5.05. The summed E-state index contributed by atoms with van der Waals surface area (Å²) < 4.78 is 33.2. The van der Waals surface area contributed by atoms with E-state index in [2.05, 4.69) is 0 Å². The predicted octanol–water partition coefficient (Wildman–Crippen LogP) is 4.36. The van der Waals surface area contributed by atoms with E-state index in [0.717, 1.165) is 35.6 Å². The molecular weight excluding hydrogens is 659 g/mol. The van der Waals surface area contributed by atoms with E-state index in [1.165, 1.54) is 27.5 Å². The van der Waals surface area contributed by atoms with E-state index in [1.807, 2.05) is 4.90 Å². The first-order valence-electron chi connectivity index (χ1n) is 15.7. The minimum atomic E-state index is -1.35. The number of fused-ring (bicyclic) bond motifs is 1. The van der Waals surface area contributed by atoms with Gasteiger partial charge >= 0.3 is 5.97 Å². The highest BCUT2D eigenvalue weighted by Gasteiger charge is 2.35. The molecule has 1 saturated carbocycles. The molecule has 0 spiro atoms. The third-order valence-corrected chi connectivity index (χ3v) is 9.78. The standard InChI is InChI=1S/C34H35FN4O9S/c1-46-26-13-19(14-27(47-2)31(26)48-3)15-28-32(42)38(34(45)49-28)8-4-5-29(40)37-11-9-36(10-12-37)25-17-24-21(16-23(25)35)30(41)22(33(43)44)18-39(24)20-6-7-20/h13-18,20H,4-12H2,1-3H3,(H,43,44)/b28-15+. The third-order valence-electron chi connectivity index (χ3n) is 8.88. The molecule has 3 heterocycles. The number of pyridine rings is 1. The Balaban J connectivity index is 1.06. The van der Waals surface area contributed by atoms with Crippen molar-refractivity contribution in [1.29, 1.82) is 0 Å². The molecule has 0 radical (unpaired) electrons. The summed E-state index contributed by atoms with van der Waals surface area (Å²) in [7, 11) is 4.45. The summed E-state index contributed by atoms with van der Waals surface area (Å²) in [6.07, 6.45) is 5.02. The fourth-order valence-electron chi connectivity index (χ4n) is 6.18. The summed E-state index contributed by atoms with van der Waals surface area (Å²) in [5, 5.41) is 9.10. The highest BCUT2D eigenvalue weighted by atomic mass is 32.2. The number of thioether (sulfide) groups is 1. The summed E-state index contributed by atoms with van der Waals surface area (Å²) in [6.45, 7) is 1.46. The van der Waals surface area contributed by atoms with Crippen molar-refractivity contribution < 1.29 is 42.9 Å². The molecule has 0 unspecified atom stereocenters. The zero-order valence-electron chi connectivity index (χ0n) is 27.2. The number of nitrogens with zero attached hydrogens (tertiary/aromatic N) is 4. The highest BCUT2D eigenvalue weighted by Crippen LogP contribution is 2.41. The van der Waals surface area contributed by atoms with Crippen LogP contribution < -0.4 is 24.5 Å². The van der Waals surface area contributed by atoms with Gasteiger partial charge in [-0.1, -0.05) is 0 Å². The number of piperazine rings is 1. The zero-order valence-corrected chi connectivity index (χ0v) is 28.0. The molecule has 1 aromatic heterocycles. The minimum absolute atomic E-state index is 0.0269. The third kappa shape index (κ3) is 6.67. The van der Waals surface area contributed by atoms with Gasteiger partial charge in [-0.05, 0) is 66.9 Å². The van der Waals surface area contributed by atoms with E-state index in [4.69, 9.17) is 14.2 Å². The second-order valence-corrected chi connectivity index (χ2v) is 12.9. The van der Waals surface area contributed by atoms with Crippen LogP contribution in [-0.2, 0) is 9.59 Å². The van der Waals surface area contributed by atoms with Gasteiger partial charge in [0.2, 0.25) is 17.1 Å². The van der Waals surface area contributed by atoms with E-state index in [1.54, 1.807) is 33.7 Å². The van der Waals surface area contributed by atoms with Gasteiger partial charge in [0, 0.05) is 56.8 Å². The number of benzene rings is 2. The number of aromatic carboxylic acids is 1. The molecular formula is C34H35FN4O9S. The molecule has 258 valence electrons. The number of methoxy groups -OCH3 is 3. The van der Waals surface area contributed by atoms with Crippen molar-refractivity contribution in [2.24, 2.45) is 0 Å². The van der Waals surface area contributed by atoms with Crippen LogP contribution in [0.3, 0.4) is 0 Å². The number of imide groups is 1. The molecule has 3 amide bonds. The quantitative estimate of drug-likeness (QED) is 0.286. The van der Waals surface area contributed by atoms with Crippen LogP contribution >= 0.6 is 11.8 Å². The SMILES string of the molecule is COc1cc(/C=C2/SC(=O)N(CCCC(=O)N3CCN(c4cc5c(cc4F)c(=O)c(C(=O)O)cn5C4CC4)CC3)C2=O)cc(OC)c1OC. The number of amides is 3. The Morgan fingerprint density at radius 3 is 2.24 bits per heavy atom. The lowest BCUT2D eigenvalue weighted by Crippen LogP contribution is -2.49. The Morgan fingerprint density at radius 2 is 1.65 bits per heavy atom. The number of halogens is 1. The number of carboxylic acid groups (broad SMARTS) is 1. The fraction of sp³-hybridized carbons (Fsp3) is 0.382. The van der Waals surface area contributed by atoms with Gasteiger partial charge in [-0.3, -0.25) is 24.1 Å². The largest absolute Gasteiger partial charge is 0.493 e. The average Bonchev–Trinajstić information content (AvgIpc) is 3.90. The van der Waals surface area contributed by atoms with Crippen molar-refractivity contribution in [3.63, 3.8) is 0 Å². The van der Waals surface area contributed by atoms with Crippen molar-refractivity contribution in [3.8, 4) is 17.2 Å². The summed E-state index contributed by atoms with van der Waals surface area (Å²) >= 11 is 0.818. The van der Waals surface area contributed by atoms with Gasteiger partial charge in [-0.2, -0.15) is 0 Å². The number of rotatable bonds is 11. The van der Waals surface area contributed by atoms with E-state index >= 15 is 4.39 Å². The number of anilines is 1. The van der Waals surface area contributed by atoms with E-state index < -0.39 is 28.4 Å². The molecule has 3 aliphatic rings. The van der Waals surface area contributed by atoms with E-state index in [-0.39, 0.29) is 52.9 Å². The number of hydrogen-bond acceptors (Lipinski definition) is 10. The molecule has 2 aromatic carbocycles. The van der Waals surface area contributed by atoms with Crippen LogP contribution in [0.2, 0.25) is 0 Å². The Bertz CT molecular complexity index is 1920. The number of hydrogen-bond donors (Lipinski definition) is 1. The van der Waals surface area contributed by atoms with Gasteiger partial charge in [0.15, 0.2) is 11.5 Å². The van der Waals surface area contributed by atoms with Crippen LogP contribution in [0.25, 0.3) is 17.0 Å². The molecule has 1 N–H and O–H groups in total. The number of carbonyl (C=O) groups is 4. The van der Waals surface area contributed by atoms with Crippen LogP contribution in [-0.4, -0.2) is 96.5 Å². The summed E-state index contributed by atoms with van der Waals surface area (Å²) in [4.78, 5) is 68.1. The van der Waals surface area contributed by atoms with Crippen LogP contribution in [0.15, 0.2) is 40.2 Å². The topological polar surface area (TPSA) is 148 Å². The Kier molecular flexibility index (Phi) is 9.54. The maximum absolute atomic E-state index is 15.3. The van der Waals surface area contributed by atoms with Gasteiger partial charge in [0.05, 0.1) is 37.4 Å². The fourth-order valence-corrected chi connectivity index (χ4v) is 7.05. The molecule has 2 aliphatic heterocycles. The highest BCUT2D eigenvalue weighted by molar-refractivity contribution is 8.18. The Morgan fingerprint density at radius 1 is 0.980 bits per heavy atom. The van der Waals surface area contributed by atoms with Crippen LogP contribution in [0.5, 0.6) is 17.2 Å². The van der Waals surface area contributed by atoms with Gasteiger partial charge in [-0.25, -0.2) is 9.18 Å². The molecule has 3 aromatic rings. The van der Waals surface area contributed by atoms with Crippen molar-refractivity contribution in [2.45, 2.75) is 31.7 Å². The number of ether oxygens (including phenoxy) is 3. The van der Waals surface area contributed by atoms with Gasteiger partial charge < -0.3 is 33.7 Å². The summed E-state index contributed by atoms with van der Waals surface area (Å²) in [5.41, 5.74) is 0.251. The maximum Gasteiger partial charge on any atom is 0.341 e. The monoisotopic (exact) mass is 694 g/mol. The van der Waals surface area contributed by atoms with E-state index in [0.29, 0.717) is 54.5 Å². The predicted molar refractivity (Wildman–Crippen MR) is 180 cm³/mol. The molecule has 2 saturated heterocycles. The van der Waals surface area contributed by atoms with Crippen molar-refractivity contribution in [2.75, 3.05) is 59.0 Å². The van der Waals surface area contributed by atoms with Crippen molar-refractivity contribution in [1.82, 2.24) is 14.4 Å². The van der Waals surface area contributed by atoms with Gasteiger partial charge in [-0.15, -0.1) is 0 Å². The Labute approximate surface area is 284 Å². The van der Waals surface area contributed by atoms with Crippen molar-refractivity contribution >= 4 is 57.5 Å². The molecule has 0 atom stereocenters. The zero-order chi connectivity index (χ0) is 35.0. The lowest BCUT2D eigenvalue weighted by Gasteiger charge is -2.36. The van der Waals surface area contributed by atoms with Gasteiger partial charge in [0.1, 0.15) is 11.4 Å². The average molecular weight is 695 g/mol. The maximum atomic E-state index is 15.3. The normalized spacial score (nSPS) is 17.3. The second kappa shape index (κ2) is 13.8. The molecule has 49 heavy (non-hydrogen) atoms. The smallest absolute Gasteiger partial charge is 0.341 e. The molecule has 15 heteroatoms. The van der Waals surface area contributed by atoms with Crippen LogP contribution in [0.4, 0.5) is 14.9 Å².